The van der Waals surface area contributed by atoms with E-state index in [1.54, 1.807) is 0 Å². The van der Waals surface area contributed by atoms with Crippen molar-refractivity contribution >= 4 is 11.8 Å². The van der Waals surface area contributed by atoms with Crippen LogP contribution >= 0.6 is 11.8 Å². The summed E-state index contributed by atoms with van der Waals surface area (Å²) in [5, 5.41) is 2.13. The van der Waals surface area contributed by atoms with Crippen molar-refractivity contribution in [2.24, 2.45) is 11.8 Å². The lowest BCUT2D eigenvalue weighted by Crippen LogP contribution is -2.48. The summed E-state index contributed by atoms with van der Waals surface area (Å²) in [7, 11) is 2.11. The molecule has 3 rings (SSSR count). The number of hydrogen-bond acceptors (Lipinski definition) is 3. The number of hydroxylamine groups is 2. The van der Waals surface area contributed by atoms with Gasteiger partial charge < -0.3 is 0 Å². The van der Waals surface area contributed by atoms with Crippen LogP contribution in [0.15, 0.2) is 29.2 Å². The molecule has 0 aromatic heterocycles. The minimum atomic E-state index is -0.0658. The largest absolute Gasteiger partial charge is 0.293 e. The molecule has 0 bridgehead atoms. The van der Waals surface area contributed by atoms with Crippen LogP contribution < -0.4 is 0 Å². The monoisotopic (exact) mass is 319 g/mol. The second kappa shape index (κ2) is 5.54. The smallest absolute Gasteiger partial charge is 0.0887 e. The molecule has 2 fully saturated rings. The minimum absolute atomic E-state index is 0.0658. The van der Waals surface area contributed by atoms with Crippen molar-refractivity contribution in [1.82, 2.24) is 5.06 Å². The van der Waals surface area contributed by atoms with E-state index in [1.165, 1.54) is 23.3 Å². The Labute approximate surface area is 139 Å². The average molecular weight is 320 g/mol. The van der Waals surface area contributed by atoms with Gasteiger partial charge in [0, 0.05) is 23.9 Å². The van der Waals surface area contributed by atoms with Crippen LogP contribution in [-0.2, 0) is 10.3 Å². The van der Waals surface area contributed by atoms with Crippen molar-refractivity contribution in [3.05, 3.63) is 29.8 Å². The van der Waals surface area contributed by atoms with Gasteiger partial charge >= 0.3 is 0 Å². The molecule has 0 unspecified atom stereocenters. The number of benzene rings is 1. The van der Waals surface area contributed by atoms with Crippen LogP contribution in [0, 0.1) is 11.8 Å². The Kier molecular flexibility index (Phi) is 4.12. The van der Waals surface area contributed by atoms with E-state index in [-0.39, 0.29) is 11.0 Å². The normalized spacial score (nSPS) is 38.0. The van der Waals surface area contributed by atoms with Crippen molar-refractivity contribution in [2.75, 3.05) is 13.3 Å². The maximum absolute atomic E-state index is 6.18. The number of thioether (sulfide) groups is 1. The van der Waals surface area contributed by atoms with Gasteiger partial charge in [-0.3, -0.25) is 4.84 Å². The molecule has 1 aliphatic carbocycles. The van der Waals surface area contributed by atoms with Gasteiger partial charge in [0.15, 0.2) is 0 Å². The van der Waals surface area contributed by atoms with E-state index in [2.05, 4.69) is 70.3 Å². The predicted molar refractivity (Wildman–Crippen MR) is 94.2 cm³/mol. The third-order valence-corrected chi connectivity index (χ3v) is 6.68. The second-order valence-corrected chi connectivity index (χ2v) is 8.83. The molecule has 1 saturated carbocycles. The fourth-order valence-electron chi connectivity index (χ4n) is 5.05. The highest BCUT2D eigenvalue weighted by Crippen LogP contribution is 2.54. The van der Waals surface area contributed by atoms with Gasteiger partial charge in [-0.05, 0) is 55.9 Å². The van der Waals surface area contributed by atoms with Crippen LogP contribution in [-0.4, -0.2) is 30.0 Å². The van der Waals surface area contributed by atoms with Crippen LogP contribution in [0.5, 0.6) is 0 Å². The van der Waals surface area contributed by atoms with Crippen LogP contribution in [0.4, 0.5) is 0 Å². The summed E-state index contributed by atoms with van der Waals surface area (Å²) in [6.07, 6.45) is 4.63. The molecule has 122 valence electrons. The Hall–Kier alpha value is -0.510. The summed E-state index contributed by atoms with van der Waals surface area (Å²) in [6, 6.07) is 9.50. The summed E-state index contributed by atoms with van der Waals surface area (Å²) in [6.45, 7) is 9.38. The summed E-state index contributed by atoms with van der Waals surface area (Å²) < 4.78 is 0. The van der Waals surface area contributed by atoms with Gasteiger partial charge in [0.2, 0.25) is 0 Å². The highest BCUT2D eigenvalue weighted by molar-refractivity contribution is 7.98. The molecule has 3 heteroatoms. The highest BCUT2D eigenvalue weighted by atomic mass is 32.2. The first kappa shape index (κ1) is 16.4. The Morgan fingerprint density at radius 2 is 1.86 bits per heavy atom. The van der Waals surface area contributed by atoms with Gasteiger partial charge in [0.25, 0.3) is 0 Å². The maximum atomic E-state index is 6.18. The van der Waals surface area contributed by atoms with E-state index < -0.39 is 0 Å². The first-order valence-electron chi connectivity index (χ1n) is 8.34. The van der Waals surface area contributed by atoms with Crippen LogP contribution in [0.2, 0.25) is 0 Å². The van der Waals surface area contributed by atoms with Crippen molar-refractivity contribution in [1.29, 1.82) is 0 Å². The van der Waals surface area contributed by atoms with Gasteiger partial charge in [0.05, 0.1) is 5.60 Å². The topological polar surface area (TPSA) is 12.5 Å². The molecule has 0 N–H and O–H groups in total. The van der Waals surface area contributed by atoms with Gasteiger partial charge in [-0.25, -0.2) is 0 Å². The van der Waals surface area contributed by atoms with E-state index in [0.717, 1.165) is 0 Å². The maximum Gasteiger partial charge on any atom is 0.0887 e. The molecule has 22 heavy (non-hydrogen) atoms. The number of nitrogens with zero attached hydrogens (tertiary/aromatic N) is 1. The lowest BCUT2D eigenvalue weighted by molar-refractivity contribution is -0.182. The molecule has 2 aliphatic rings. The standard InChI is InChI=1S/C19H29NOS/c1-13-11-19(4,14-9-7-8-10-16(14)22-6)12-15-17(13)20(5)21-18(15,2)3/h7-10,13,15,17H,11-12H2,1-6H3/t13-,15+,17+,19+/m0/s1. The second-order valence-electron chi connectivity index (χ2n) is 7.98. The quantitative estimate of drug-likeness (QED) is 0.731. The molecular formula is C19H29NOS. The van der Waals surface area contributed by atoms with Crippen molar-refractivity contribution < 1.29 is 4.84 Å². The summed E-state index contributed by atoms with van der Waals surface area (Å²) in [4.78, 5) is 7.61. The van der Waals surface area contributed by atoms with Gasteiger partial charge in [0.1, 0.15) is 0 Å². The van der Waals surface area contributed by atoms with E-state index in [4.69, 9.17) is 4.84 Å². The molecule has 0 radical (unpaired) electrons. The predicted octanol–water partition coefficient (Wildman–Crippen LogP) is 4.74. The number of hydrogen-bond donors (Lipinski definition) is 0. The first-order chi connectivity index (χ1) is 10.3. The fourth-order valence-corrected chi connectivity index (χ4v) is 5.80. The zero-order chi connectivity index (χ0) is 16.1. The Morgan fingerprint density at radius 3 is 2.55 bits per heavy atom. The first-order valence-corrected chi connectivity index (χ1v) is 9.56. The lowest BCUT2D eigenvalue weighted by atomic mass is 9.59. The van der Waals surface area contributed by atoms with Crippen molar-refractivity contribution in [2.45, 2.75) is 62.5 Å². The van der Waals surface area contributed by atoms with Crippen molar-refractivity contribution in [3.63, 3.8) is 0 Å². The molecule has 2 nitrogen and oxygen atoms in total. The van der Waals surface area contributed by atoms with Crippen LogP contribution in [0.1, 0.15) is 46.1 Å². The van der Waals surface area contributed by atoms with Gasteiger partial charge in [-0.1, -0.05) is 32.0 Å². The van der Waals surface area contributed by atoms with Crippen LogP contribution in [0.3, 0.4) is 0 Å². The fraction of sp³-hybridized carbons (Fsp3) is 0.684. The van der Waals surface area contributed by atoms with E-state index >= 15 is 0 Å². The summed E-state index contributed by atoms with van der Waals surface area (Å²) in [5.41, 5.74) is 1.70. The van der Waals surface area contributed by atoms with Crippen molar-refractivity contribution in [3.8, 4) is 0 Å². The minimum Gasteiger partial charge on any atom is -0.293 e. The molecule has 1 aromatic rings. The van der Waals surface area contributed by atoms with Crippen LogP contribution in [0.25, 0.3) is 0 Å². The Bertz CT molecular complexity index is 558. The molecule has 0 spiro atoms. The molecule has 1 aromatic carbocycles. The van der Waals surface area contributed by atoms with E-state index in [1.807, 2.05) is 11.8 Å². The molecule has 1 heterocycles. The van der Waals surface area contributed by atoms with E-state index in [9.17, 15) is 0 Å². The molecule has 1 saturated heterocycles. The van der Waals surface area contributed by atoms with Gasteiger partial charge in [-0.2, -0.15) is 5.06 Å². The van der Waals surface area contributed by atoms with Gasteiger partial charge in [-0.15, -0.1) is 11.8 Å². The third kappa shape index (κ3) is 2.51. The molecule has 4 atom stereocenters. The summed E-state index contributed by atoms with van der Waals surface area (Å²) >= 11 is 1.87. The molecular weight excluding hydrogens is 290 g/mol. The Balaban J connectivity index is 2.00. The SMILES string of the molecule is CSc1ccccc1[C@@]1(C)C[C@@H]2[C@@H]([C@@H](C)C1)N(C)OC2(C)C. The molecule has 0 amide bonds. The Morgan fingerprint density at radius 1 is 1.18 bits per heavy atom. The number of fused-ring (bicyclic) bond motifs is 1. The van der Waals surface area contributed by atoms with E-state index in [0.29, 0.717) is 17.9 Å². The average Bonchev–Trinajstić information content (AvgIpc) is 2.68. The highest BCUT2D eigenvalue weighted by Gasteiger charge is 2.55. The lowest BCUT2D eigenvalue weighted by Gasteiger charge is -2.47. The number of rotatable bonds is 2. The zero-order valence-corrected chi connectivity index (χ0v) is 15.5. The summed E-state index contributed by atoms with van der Waals surface area (Å²) in [5.74, 6) is 1.23. The third-order valence-electron chi connectivity index (χ3n) is 5.89. The molecule has 1 aliphatic heterocycles. The zero-order valence-electron chi connectivity index (χ0n) is 14.7.